The highest BCUT2D eigenvalue weighted by Crippen LogP contribution is 2.25. The molecule has 0 bridgehead atoms. The van der Waals surface area contributed by atoms with Gasteiger partial charge >= 0.3 is 0 Å². The third kappa shape index (κ3) is 3.73. The summed E-state index contributed by atoms with van der Waals surface area (Å²) < 4.78 is 5.59. The Morgan fingerprint density at radius 1 is 1.33 bits per heavy atom. The highest BCUT2D eigenvalue weighted by Gasteiger charge is 2.03. The van der Waals surface area contributed by atoms with E-state index < -0.39 is 0 Å². The van der Waals surface area contributed by atoms with Crippen LogP contribution in [0.2, 0.25) is 5.02 Å². The minimum atomic E-state index is 0.180. The van der Waals surface area contributed by atoms with E-state index in [0.717, 1.165) is 28.3 Å². The second-order valence-corrected chi connectivity index (χ2v) is 4.36. The highest BCUT2D eigenvalue weighted by molar-refractivity contribution is 6.32. The van der Waals surface area contributed by atoms with Gasteiger partial charge in [-0.3, -0.25) is 0 Å². The average Bonchev–Trinajstić information content (AvgIpc) is 2.13. The maximum Gasteiger partial charge on any atom is 0.119 e. The summed E-state index contributed by atoms with van der Waals surface area (Å²) >= 11 is 6.06. The number of benzene rings is 1. The standard InChI is InChI=1S/C12H18ClNO/c1-8-6-11(7-9(2)12(8)13)15-5-4-10(3)14/h6-7,10H,4-5,14H2,1-3H3. The van der Waals surface area contributed by atoms with Crippen molar-refractivity contribution in [1.29, 1.82) is 0 Å². The quantitative estimate of drug-likeness (QED) is 0.858. The van der Waals surface area contributed by atoms with Crippen LogP contribution in [-0.4, -0.2) is 12.6 Å². The van der Waals surface area contributed by atoms with Gasteiger partial charge in [-0.05, 0) is 50.5 Å². The van der Waals surface area contributed by atoms with Gasteiger partial charge in [0.15, 0.2) is 0 Å². The second kappa shape index (κ2) is 5.38. The summed E-state index contributed by atoms with van der Waals surface area (Å²) in [4.78, 5) is 0. The molecule has 15 heavy (non-hydrogen) atoms. The molecule has 0 aromatic heterocycles. The third-order valence-electron chi connectivity index (χ3n) is 2.25. The van der Waals surface area contributed by atoms with E-state index in [-0.39, 0.29) is 6.04 Å². The fourth-order valence-corrected chi connectivity index (χ4v) is 1.46. The van der Waals surface area contributed by atoms with Gasteiger partial charge in [-0.25, -0.2) is 0 Å². The fourth-order valence-electron chi connectivity index (χ4n) is 1.35. The van der Waals surface area contributed by atoms with E-state index in [1.54, 1.807) is 0 Å². The van der Waals surface area contributed by atoms with E-state index in [1.807, 2.05) is 32.9 Å². The van der Waals surface area contributed by atoms with Gasteiger partial charge in [0.25, 0.3) is 0 Å². The van der Waals surface area contributed by atoms with Gasteiger partial charge in [0.05, 0.1) is 6.61 Å². The minimum absolute atomic E-state index is 0.180. The molecule has 0 radical (unpaired) electrons. The van der Waals surface area contributed by atoms with Crippen molar-refractivity contribution in [3.8, 4) is 5.75 Å². The van der Waals surface area contributed by atoms with E-state index in [2.05, 4.69) is 0 Å². The molecule has 2 N–H and O–H groups in total. The number of hydrogen-bond donors (Lipinski definition) is 1. The SMILES string of the molecule is Cc1cc(OCCC(C)N)cc(C)c1Cl. The van der Waals surface area contributed by atoms with E-state index in [4.69, 9.17) is 22.1 Å². The molecule has 1 atom stereocenters. The molecule has 0 saturated carbocycles. The van der Waals surface area contributed by atoms with Gasteiger partial charge in [-0.15, -0.1) is 0 Å². The monoisotopic (exact) mass is 227 g/mol. The van der Waals surface area contributed by atoms with Crippen LogP contribution >= 0.6 is 11.6 Å². The number of nitrogens with two attached hydrogens (primary N) is 1. The summed E-state index contributed by atoms with van der Waals surface area (Å²) in [6.07, 6.45) is 0.862. The summed E-state index contributed by atoms with van der Waals surface area (Å²) in [7, 11) is 0. The summed E-state index contributed by atoms with van der Waals surface area (Å²) in [5.74, 6) is 0.870. The van der Waals surface area contributed by atoms with Crippen LogP contribution in [0.4, 0.5) is 0 Å². The smallest absolute Gasteiger partial charge is 0.119 e. The van der Waals surface area contributed by atoms with Crippen LogP contribution in [0.1, 0.15) is 24.5 Å². The number of rotatable bonds is 4. The predicted molar refractivity (Wildman–Crippen MR) is 64.7 cm³/mol. The summed E-state index contributed by atoms with van der Waals surface area (Å²) in [5.41, 5.74) is 7.74. The van der Waals surface area contributed by atoms with Crippen molar-refractivity contribution < 1.29 is 4.74 Å². The molecular weight excluding hydrogens is 210 g/mol. The molecule has 0 heterocycles. The zero-order chi connectivity index (χ0) is 11.4. The fraction of sp³-hybridized carbons (Fsp3) is 0.500. The van der Waals surface area contributed by atoms with Crippen molar-refractivity contribution in [1.82, 2.24) is 0 Å². The largest absolute Gasteiger partial charge is 0.494 e. The van der Waals surface area contributed by atoms with Crippen molar-refractivity contribution >= 4 is 11.6 Å². The van der Waals surface area contributed by atoms with Crippen molar-refractivity contribution in [3.05, 3.63) is 28.3 Å². The third-order valence-corrected chi connectivity index (χ3v) is 2.85. The lowest BCUT2D eigenvalue weighted by Crippen LogP contribution is -2.18. The van der Waals surface area contributed by atoms with Crippen molar-refractivity contribution in [3.63, 3.8) is 0 Å². The highest BCUT2D eigenvalue weighted by atomic mass is 35.5. The molecule has 1 unspecified atom stereocenters. The molecule has 1 aromatic rings. The van der Waals surface area contributed by atoms with Crippen LogP contribution in [0, 0.1) is 13.8 Å². The van der Waals surface area contributed by atoms with Gasteiger partial charge in [0.1, 0.15) is 5.75 Å². The molecule has 84 valence electrons. The van der Waals surface area contributed by atoms with Crippen LogP contribution in [0.3, 0.4) is 0 Å². The maximum atomic E-state index is 6.06. The summed E-state index contributed by atoms with van der Waals surface area (Å²) in [6, 6.07) is 4.09. The maximum absolute atomic E-state index is 6.06. The minimum Gasteiger partial charge on any atom is -0.494 e. The van der Waals surface area contributed by atoms with Gasteiger partial charge in [0, 0.05) is 11.1 Å². The van der Waals surface area contributed by atoms with E-state index in [0.29, 0.717) is 6.61 Å². The van der Waals surface area contributed by atoms with Gasteiger partial charge in [-0.2, -0.15) is 0 Å². The van der Waals surface area contributed by atoms with Gasteiger partial charge < -0.3 is 10.5 Å². The molecule has 0 fully saturated rings. The molecule has 1 aromatic carbocycles. The zero-order valence-electron chi connectivity index (χ0n) is 9.51. The van der Waals surface area contributed by atoms with Gasteiger partial charge in [0.2, 0.25) is 0 Å². The topological polar surface area (TPSA) is 35.2 Å². The van der Waals surface area contributed by atoms with E-state index >= 15 is 0 Å². The Hall–Kier alpha value is -0.730. The van der Waals surface area contributed by atoms with Crippen molar-refractivity contribution in [2.45, 2.75) is 33.2 Å². The molecule has 0 aliphatic heterocycles. The average molecular weight is 228 g/mol. The van der Waals surface area contributed by atoms with Crippen LogP contribution in [-0.2, 0) is 0 Å². The first-order chi connectivity index (χ1) is 7.00. The van der Waals surface area contributed by atoms with Crippen molar-refractivity contribution in [2.24, 2.45) is 5.73 Å². The molecule has 0 saturated heterocycles. The lowest BCUT2D eigenvalue weighted by molar-refractivity contribution is 0.300. The molecule has 0 spiro atoms. The first-order valence-corrected chi connectivity index (χ1v) is 5.53. The van der Waals surface area contributed by atoms with Crippen LogP contribution in [0.25, 0.3) is 0 Å². The predicted octanol–water partition coefficient (Wildman–Crippen LogP) is 3.07. The lowest BCUT2D eigenvalue weighted by atomic mass is 10.1. The number of halogens is 1. The molecule has 1 rings (SSSR count). The van der Waals surface area contributed by atoms with Crippen LogP contribution < -0.4 is 10.5 Å². The Labute approximate surface area is 96.4 Å². The number of ether oxygens (including phenoxy) is 1. The number of hydrogen-bond acceptors (Lipinski definition) is 2. The summed E-state index contributed by atoms with van der Waals surface area (Å²) in [6.45, 7) is 6.58. The number of aryl methyl sites for hydroxylation is 2. The van der Waals surface area contributed by atoms with Crippen LogP contribution in [0.5, 0.6) is 5.75 Å². The van der Waals surface area contributed by atoms with E-state index in [9.17, 15) is 0 Å². The first kappa shape index (κ1) is 12.3. The zero-order valence-corrected chi connectivity index (χ0v) is 10.3. The Kier molecular flexibility index (Phi) is 4.43. The molecule has 0 aliphatic carbocycles. The Morgan fingerprint density at radius 2 is 1.87 bits per heavy atom. The molecular formula is C12H18ClNO. The Bertz CT molecular complexity index is 313. The molecule has 0 amide bonds. The molecule has 2 nitrogen and oxygen atoms in total. The Morgan fingerprint density at radius 3 is 2.33 bits per heavy atom. The first-order valence-electron chi connectivity index (χ1n) is 5.16. The molecule has 0 aliphatic rings. The van der Waals surface area contributed by atoms with E-state index in [1.165, 1.54) is 0 Å². The second-order valence-electron chi connectivity index (χ2n) is 3.99. The lowest BCUT2D eigenvalue weighted by Gasteiger charge is -2.11. The van der Waals surface area contributed by atoms with Gasteiger partial charge in [-0.1, -0.05) is 11.6 Å². The van der Waals surface area contributed by atoms with Crippen LogP contribution in [0.15, 0.2) is 12.1 Å². The Balaban J connectivity index is 2.63. The molecule has 3 heteroatoms. The normalized spacial score (nSPS) is 12.6. The summed E-state index contributed by atoms with van der Waals surface area (Å²) in [5, 5.41) is 0.814. The van der Waals surface area contributed by atoms with Crippen molar-refractivity contribution in [2.75, 3.05) is 6.61 Å².